The first-order valence-electron chi connectivity index (χ1n) is 12.4. The molecular weight excluding hydrogens is 514 g/mol. The van der Waals surface area contributed by atoms with Gasteiger partial charge >= 0.3 is 0 Å². The number of benzene rings is 3. The van der Waals surface area contributed by atoms with Crippen molar-refractivity contribution in [2.45, 2.75) is 26.7 Å². The fourth-order valence-corrected chi connectivity index (χ4v) is 7.47. The molecule has 1 heterocycles. The summed E-state index contributed by atoms with van der Waals surface area (Å²) in [6.07, 6.45) is 1.25. The molecule has 4 nitrogen and oxygen atoms in total. The maximum atomic E-state index is 14.6. The van der Waals surface area contributed by atoms with Gasteiger partial charge in [0.2, 0.25) is 11.8 Å². The highest BCUT2D eigenvalue weighted by molar-refractivity contribution is 9.10. The van der Waals surface area contributed by atoms with E-state index in [4.69, 9.17) is 0 Å². The molecule has 4 atom stereocenters. The van der Waals surface area contributed by atoms with Gasteiger partial charge in [0, 0.05) is 4.47 Å². The van der Waals surface area contributed by atoms with E-state index < -0.39 is 22.7 Å². The van der Waals surface area contributed by atoms with E-state index in [-0.39, 0.29) is 17.6 Å². The smallest absolute Gasteiger partial charge is 0.239 e. The molecule has 1 aliphatic heterocycles. The SMILES string of the molecule is CCC[C@@]12C(=O)[C@@](C)(C(c3ccccc3)=C1c1ccccc1)[C@H]1C(=O)N(c3ccc(Br)cc3)C(=O)[C@H]12. The number of rotatable bonds is 5. The number of allylic oxidation sites excluding steroid dienone is 2. The van der Waals surface area contributed by atoms with Crippen LogP contribution in [-0.4, -0.2) is 17.6 Å². The molecule has 2 aliphatic carbocycles. The summed E-state index contributed by atoms with van der Waals surface area (Å²) in [5.74, 6) is -1.97. The molecule has 0 radical (unpaired) electrons. The minimum Gasteiger partial charge on any atom is -0.298 e. The van der Waals surface area contributed by atoms with Crippen LogP contribution in [-0.2, 0) is 14.4 Å². The monoisotopic (exact) mass is 539 g/mol. The predicted molar refractivity (Wildman–Crippen MR) is 144 cm³/mol. The van der Waals surface area contributed by atoms with Gasteiger partial charge in [0.05, 0.1) is 28.4 Å². The lowest BCUT2D eigenvalue weighted by molar-refractivity contribution is -0.134. The maximum absolute atomic E-state index is 14.6. The van der Waals surface area contributed by atoms with Crippen LogP contribution in [0.1, 0.15) is 37.8 Å². The number of carbonyl (C=O) groups excluding carboxylic acids is 3. The number of nitrogens with zero attached hydrogens (tertiary/aromatic N) is 1. The zero-order valence-corrected chi connectivity index (χ0v) is 21.8. The molecule has 1 saturated carbocycles. The quantitative estimate of drug-likeness (QED) is 0.345. The van der Waals surface area contributed by atoms with Gasteiger partial charge in [0.1, 0.15) is 0 Å². The van der Waals surface area contributed by atoms with Crippen LogP contribution in [0.5, 0.6) is 0 Å². The number of fused-ring (bicyclic) bond motifs is 5. The Kier molecular flexibility index (Phi) is 5.20. The lowest BCUT2D eigenvalue weighted by Gasteiger charge is -2.37. The third-order valence-electron chi connectivity index (χ3n) is 8.41. The van der Waals surface area contributed by atoms with E-state index in [1.807, 2.05) is 86.6 Å². The van der Waals surface area contributed by atoms with Crippen molar-refractivity contribution in [3.63, 3.8) is 0 Å². The van der Waals surface area contributed by atoms with Crippen molar-refractivity contribution in [3.05, 3.63) is 101 Å². The number of hydrogen-bond donors (Lipinski definition) is 0. The average molecular weight is 540 g/mol. The molecule has 180 valence electrons. The van der Waals surface area contributed by atoms with E-state index in [9.17, 15) is 14.4 Å². The van der Waals surface area contributed by atoms with Gasteiger partial charge in [-0.3, -0.25) is 14.4 Å². The minimum absolute atomic E-state index is 0.0155. The number of amides is 2. The standard InChI is InChI=1S/C31H26BrNO3/c1-3-18-31-24(20-12-8-5-9-13-20)23(19-10-6-4-7-11-19)30(2,29(31)36)25-26(31)28(35)33(27(25)34)22-16-14-21(32)15-17-22/h4-17,25-26H,3,18H2,1-2H3/t25-,26+,30+,31-/m1/s1. The lowest BCUT2D eigenvalue weighted by atomic mass is 9.61. The van der Waals surface area contributed by atoms with Crippen LogP contribution in [0.4, 0.5) is 5.69 Å². The average Bonchev–Trinajstić information content (AvgIpc) is 3.36. The van der Waals surface area contributed by atoms with Crippen molar-refractivity contribution in [3.8, 4) is 0 Å². The fourth-order valence-electron chi connectivity index (χ4n) is 7.20. The number of anilines is 1. The molecule has 3 aliphatic rings. The van der Waals surface area contributed by atoms with Crippen LogP contribution in [0.15, 0.2) is 89.4 Å². The first-order valence-corrected chi connectivity index (χ1v) is 13.2. The van der Waals surface area contributed by atoms with E-state index in [2.05, 4.69) is 15.9 Å². The molecule has 36 heavy (non-hydrogen) atoms. The summed E-state index contributed by atoms with van der Waals surface area (Å²) in [5, 5.41) is 0. The third kappa shape index (κ3) is 2.78. The largest absolute Gasteiger partial charge is 0.298 e. The molecular formula is C31H26BrNO3. The highest BCUT2D eigenvalue weighted by Gasteiger charge is 2.79. The fraction of sp³-hybridized carbons (Fsp3) is 0.258. The molecule has 2 fully saturated rings. The summed E-state index contributed by atoms with van der Waals surface area (Å²) in [6, 6.07) is 27.1. The van der Waals surface area contributed by atoms with Crippen molar-refractivity contribution < 1.29 is 14.4 Å². The Balaban J connectivity index is 1.65. The van der Waals surface area contributed by atoms with Gasteiger partial charge in [0.15, 0.2) is 5.78 Å². The minimum atomic E-state index is -1.09. The Morgan fingerprint density at radius 3 is 1.83 bits per heavy atom. The van der Waals surface area contributed by atoms with Crippen LogP contribution >= 0.6 is 15.9 Å². The zero-order valence-electron chi connectivity index (χ0n) is 20.2. The number of ketones is 1. The van der Waals surface area contributed by atoms with E-state index in [0.717, 1.165) is 33.2 Å². The van der Waals surface area contributed by atoms with Gasteiger partial charge in [-0.05, 0) is 59.9 Å². The Morgan fingerprint density at radius 1 is 0.750 bits per heavy atom. The summed E-state index contributed by atoms with van der Waals surface area (Å²) in [5.41, 5.74) is 2.11. The summed E-state index contributed by atoms with van der Waals surface area (Å²) < 4.78 is 0.870. The van der Waals surface area contributed by atoms with Crippen LogP contribution < -0.4 is 4.90 Å². The number of Topliss-reactive ketones (excluding diaryl/α,β-unsaturated/α-hetero) is 1. The van der Waals surface area contributed by atoms with Crippen molar-refractivity contribution in [2.75, 3.05) is 4.90 Å². The van der Waals surface area contributed by atoms with E-state index in [0.29, 0.717) is 12.1 Å². The van der Waals surface area contributed by atoms with Crippen LogP contribution in [0.3, 0.4) is 0 Å². The highest BCUT2D eigenvalue weighted by Crippen LogP contribution is 2.74. The first kappa shape index (κ1) is 23.1. The number of hydrogen-bond acceptors (Lipinski definition) is 3. The van der Waals surface area contributed by atoms with Crippen molar-refractivity contribution in [2.24, 2.45) is 22.7 Å². The summed E-state index contributed by atoms with van der Waals surface area (Å²) >= 11 is 3.44. The molecule has 2 bridgehead atoms. The topological polar surface area (TPSA) is 54.5 Å². The second-order valence-electron chi connectivity index (χ2n) is 10.2. The summed E-state index contributed by atoms with van der Waals surface area (Å²) in [4.78, 5) is 44.2. The van der Waals surface area contributed by atoms with Gasteiger partial charge < -0.3 is 0 Å². The van der Waals surface area contributed by atoms with Crippen LogP contribution in [0.2, 0.25) is 0 Å². The first-order chi connectivity index (χ1) is 17.4. The molecule has 3 aromatic rings. The van der Waals surface area contributed by atoms with Crippen LogP contribution in [0.25, 0.3) is 11.1 Å². The highest BCUT2D eigenvalue weighted by atomic mass is 79.9. The van der Waals surface area contributed by atoms with Gasteiger partial charge in [-0.2, -0.15) is 0 Å². The van der Waals surface area contributed by atoms with E-state index >= 15 is 0 Å². The Bertz CT molecular complexity index is 1430. The number of carbonyl (C=O) groups is 3. The normalized spacial score (nSPS) is 28.9. The molecule has 0 unspecified atom stereocenters. The van der Waals surface area contributed by atoms with Crippen LogP contribution in [0, 0.1) is 22.7 Å². The lowest BCUT2D eigenvalue weighted by Crippen LogP contribution is -2.41. The van der Waals surface area contributed by atoms with E-state index in [1.54, 1.807) is 12.1 Å². The van der Waals surface area contributed by atoms with Gasteiger partial charge in [-0.15, -0.1) is 0 Å². The zero-order chi connectivity index (χ0) is 25.2. The molecule has 3 aromatic carbocycles. The van der Waals surface area contributed by atoms with Crippen molar-refractivity contribution in [1.82, 2.24) is 0 Å². The molecule has 0 N–H and O–H groups in total. The second-order valence-corrected chi connectivity index (χ2v) is 11.1. The Hall–Kier alpha value is -3.31. The Labute approximate surface area is 219 Å². The third-order valence-corrected chi connectivity index (χ3v) is 8.93. The molecule has 0 spiro atoms. The Morgan fingerprint density at radius 2 is 1.28 bits per heavy atom. The summed E-state index contributed by atoms with van der Waals surface area (Å²) in [6.45, 7) is 3.95. The molecule has 6 rings (SSSR count). The molecule has 1 saturated heterocycles. The maximum Gasteiger partial charge on any atom is 0.239 e. The van der Waals surface area contributed by atoms with E-state index in [1.165, 1.54) is 4.90 Å². The number of halogens is 1. The van der Waals surface area contributed by atoms with Crippen molar-refractivity contribution in [1.29, 1.82) is 0 Å². The second kappa shape index (κ2) is 8.10. The molecule has 2 amide bonds. The predicted octanol–water partition coefficient (Wildman–Crippen LogP) is 6.55. The molecule has 5 heteroatoms. The summed E-state index contributed by atoms with van der Waals surface area (Å²) in [7, 11) is 0. The van der Waals surface area contributed by atoms with Crippen molar-refractivity contribution >= 4 is 50.4 Å². The molecule has 0 aromatic heterocycles. The van der Waals surface area contributed by atoms with Gasteiger partial charge in [-0.25, -0.2) is 4.90 Å². The number of imide groups is 1. The van der Waals surface area contributed by atoms with Gasteiger partial charge in [0.25, 0.3) is 0 Å². The van der Waals surface area contributed by atoms with Gasteiger partial charge in [-0.1, -0.05) is 89.9 Å².